The molecular weight excluding hydrogens is 256 g/mol. The number of unbranched alkanes of at least 4 members (excludes halogenated alkanes) is 2. The molecule has 2 rings (SSSR count). The van der Waals surface area contributed by atoms with Gasteiger partial charge in [-0.05, 0) is 32.1 Å². The molecule has 0 unspecified atom stereocenters. The average molecular weight is 284 g/mol. The number of carbonyl (C=O) groups is 1. The lowest BCUT2D eigenvalue weighted by molar-refractivity contribution is -0.230. The van der Waals surface area contributed by atoms with Crippen LogP contribution < -0.4 is 0 Å². The van der Waals surface area contributed by atoms with E-state index < -0.39 is 5.97 Å². The maximum absolute atomic E-state index is 10.9. The monoisotopic (exact) mass is 284 g/mol. The van der Waals surface area contributed by atoms with Crippen LogP contribution in [0.5, 0.6) is 0 Å². The van der Waals surface area contributed by atoms with Crippen LogP contribution in [0.1, 0.15) is 58.3 Å². The van der Waals surface area contributed by atoms with Gasteiger partial charge >= 0.3 is 5.97 Å². The van der Waals surface area contributed by atoms with E-state index in [0.717, 1.165) is 38.9 Å². The number of carboxylic acid groups (broad SMARTS) is 1. The normalized spacial score (nSPS) is 34.9. The SMILES string of the molecule is CCCCCC1COC(C2CCC(C(=O)O)CC2)OC1. The molecule has 0 radical (unpaired) electrons. The molecule has 20 heavy (non-hydrogen) atoms. The number of hydrogen-bond acceptors (Lipinski definition) is 3. The molecule has 0 aromatic heterocycles. The van der Waals surface area contributed by atoms with Gasteiger partial charge in [-0.1, -0.05) is 26.2 Å². The molecule has 0 aromatic carbocycles. The summed E-state index contributed by atoms with van der Waals surface area (Å²) in [6.45, 7) is 3.85. The molecule has 0 amide bonds. The molecule has 1 saturated heterocycles. The van der Waals surface area contributed by atoms with Crippen molar-refractivity contribution in [3.05, 3.63) is 0 Å². The fourth-order valence-corrected chi connectivity index (χ4v) is 3.32. The number of rotatable bonds is 6. The van der Waals surface area contributed by atoms with Crippen LogP contribution in [0.15, 0.2) is 0 Å². The lowest BCUT2D eigenvalue weighted by Gasteiger charge is -2.37. The largest absolute Gasteiger partial charge is 0.481 e. The van der Waals surface area contributed by atoms with Crippen LogP contribution in [-0.2, 0) is 14.3 Å². The fraction of sp³-hybridized carbons (Fsp3) is 0.938. The maximum Gasteiger partial charge on any atom is 0.306 e. The molecule has 1 aliphatic carbocycles. The van der Waals surface area contributed by atoms with E-state index in [2.05, 4.69) is 6.92 Å². The zero-order chi connectivity index (χ0) is 14.4. The van der Waals surface area contributed by atoms with E-state index in [1.165, 1.54) is 25.7 Å². The minimum Gasteiger partial charge on any atom is -0.481 e. The van der Waals surface area contributed by atoms with Gasteiger partial charge in [0.05, 0.1) is 19.1 Å². The Bertz CT molecular complexity index is 289. The third-order valence-electron chi connectivity index (χ3n) is 4.71. The van der Waals surface area contributed by atoms with Crippen LogP contribution in [0.2, 0.25) is 0 Å². The molecule has 4 nitrogen and oxygen atoms in total. The number of aliphatic carboxylic acids is 1. The Kier molecular flexibility index (Phi) is 6.30. The van der Waals surface area contributed by atoms with Crippen molar-refractivity contribution >= 4 is 5.97 Å². The third kappa shape index (κ3) is 4.45. The van der Waals surface area contributed by atoms with Crippen molar-refractivity contribution in [1.29, 1.82) is 0 Å². The molecule has 0 spiro atoms. The first kappa shape index (κ1) is 15.8. The minimum absolute atomic E-state index is 0.0906. The summed E-state index contributed by atoms with van der Waals surface area (Å²) in [4.78, 5) is 10.9. The summed E-state index contributed by atoms with van der Waals surface area (Å²) >= 11 is 0. The Balaban J connectivity index is 1.65. The van der Waals surface area contributed by atoms with Crippen LogP contribution in [0, 0.1) is 17.8 Å². The lowest BCUT2D eigenvalue weighted by atomic mass is 9.81. The smallest absolute Gasteiger partial charge is 0.306 e. The van der Waals surface area contributed by atoms with Crippen molar-refractivity contribution in [3.63, 3.8) is 0 Å². The molecule has 0 aromatic rings. The second kappa shape index (κ2) is 7.99. The van der Waals surface area contributed by atoms with E-state index in [9.17, 15) is 4.79 Å². The highest BCUT2D eigenvalue weighted by Crippen LogP contribution is 2.34. The fourth-order valence-electron chi connectivity index (χ4n) is 3.32. The predicted molar refractivity (Wildman–Crippen MR) is 76.4 cm³/mol. The molecule has 2 aliphatic rings. The zero-order valence-corrected chi connectivity index (χ0v) is 12.6. The highest BCUT2D eigenvalue weighted by atomic mass is 16.7. The van der Waals surface area contributed by atoms with E-state index in [0.29, 0.717) is 11.8 Å². The summed E-state index contributed by atoms with van der Waals surface area (Å²) < 4.78 is 11.8. The van der Waals surface area contributed by atoms with Gasteiger partial charge in [-0.2, -0.15) is 0 Å². The number of carboxylic acids is 1. The van der Waals surface area contributed by atoms with Crippen molar-refractivity contribution in [2.75, 3.05) is 13.2 Å². The van der Waals surface area contributed by atoms with Crippen molar-refractivity contribution in [2.24, 2.45) is 17.8 Å². The highest BCUT2D eigenvalue weighted by molar-refractivity contribution is 5.69. The summed E-state index contributed by atoms with van der Waals surface area (Å²) in [5.74, 6) is 0.136. The van der Waals surface area contributed by atoms with E-state index in [1.807, 2.05) is 0 Å². The van der Waals surface area contributed by atoms with Crippen LogP contribution >= 0.6 is 0 Å². The summed E-state index contributed by atoms with van der Waals surface area (Å²) in [5.41, 5.74) is 0. The first-order valence-electron chi connectivity index (χ1n) is 8.16. The zero-order valence-electron chi connectivity index (χ0n) is 12.6. The Hall–Kier alpha value is -0.610. The van der Waals surface area contributed by atoms with Gasteiger partial charge in [0.25, 0.3) is 0 Å². The summed E-state index contributed by atoms with van der Waals surface area (Å²) in [7, 11) is 0. The molecule has 1 heterocycles. The molecule has 0 bridgehead atoms. The van der Waals surface area contributed by atoms with Crippen molar-refractivity contribution < 1.29 is 19.4 Å². The molecule has 1 saturated carbocycles. The van der Waals surface area contributed by atoms with Crippen molar-refractivity contribution in [3.8, 4) is 0 Å². The molecule has 1 N–H and O–H groups in total. The second-order valence-electron chi connectivity index (χ2n) is 6.35. The maximum atomic E-state index is 10.9. The van der Waals surface area contributed by atoms with Gasteiger partial charge in [0.2, 0.25) is 0 Å². The standard InChI is InChI=1S/C16H28O4/c1-2-3-4-5-12-10-19-16(20-11-12)14-8-6-13(7-9-14)15(17)18/h12-14,16H,2-11H2,1H3,(H,17,18). The third-order valence-corrected chi connectivity index (χ3v) is 4.71. The number of hydrogen-bond donors (Lipinski definition) is 1. The minimum atomic E-state index is -0.648. The second-order valence-corrected chi connectivity index (χ2v) is 6.35. The quantitative estimate of drug-likeness (QED) is 0.759. The van der Waals surface area contributed by atoms with Gasteiger partial charge in [-0.15, -0.1) is 0 Å². The van der Waals surface area contributed by atoms with Gasteiger partial charge in [0, 0.05) is 11.8 Å². The molecule has 0 atom stereocenters. The van der Waals surface area contributed by atoms with Crippen molar-refractivity contribution in [2.45, 2.75) is 64.6 Å². The van der Waals surface area contributed by atoms with Gasteiger partial charge in [-0.3, -0.25) is 4.79 Å². The van der Waals surface area contributed by atoms with Gasteiger partial charge in [0.15, 0.2) is 6.29 Å². The number of ether oxygens (including phenoxy) is 2. The highest BCUT2D eigenvalue weighted by Gasteiger charge is 2.34. The van der Waals surface area contributed by atoms with E-state index in [1.54, 1.807) is 0 Å². The first-order valence-corrected chi connectivity index (χ1v) is 8.16. The van der Waals surface area contributed by atoms with Gasteiger partial charge < -0.3 is 14.6 Å². The van der Waals surface area contributed by atoms with E-state index in [4.69, 9.17) is 14.6 Å². The van der Waals surface area contributed by atoms with Gasteiger partial charge in [0.1, 0.15) is 0 Å². The van der Waals surface area contributed by atoms with Crippen LogP contribution in [0.25, 0.3) is 0 Å². The summed E-state index contributed by atoms with van der Waals surface area (Å²) in [6, 6.07) is 0. The van der Waals surface area contributed by atoms with Gasteiger partial charge in [-0.25, -0.2) is 0 Å². The Morgan fingerprint density at radius 2 is 1.75 bits per heavy atom. The molecule has 2 fully saturated rings. The predicted octanol–water partition coefficient (Wildman–Crippen LogP) is 3.45. The van der Waals surface area contributed by atoms with Crippen LogP contribution in [0.3, 0.4) is 0 Å². The topological polar surface area (TPSA) is 55.8 Å². The molecule has 4 heteroatoms. The van der Waals surface area contributed by atoms with Crippen LogP contribution in [0.4, 0.5) is 0 Å². The molecule has 116 valence electrons. The Labute approximate surface area is 121 Å². The van der Waals surface area contributed by atoms with E-state index >= 15 is 0 Å². The lowest BCUT2D eigenvalue weighted by Crippen LogP contribution is -2.39. The Morgan fingerprint density at radius 3 is 2.30 bits per heavy atom. The average Bonchev–Trinajstić information content (AvgIpc) is 2.48. The van der Waals surface area contributed by atoms with E-state index in [-0.39, 0.29) is 12.2 Å². The first-order chi connectivity index (χ1) is 9.70. The van der Waals surface area contributed by atoms with Crippen LogP contribution in [-0.4, -0.2) is 30.6 Å². The molecule has 1 aliphatic heterocycles. The summed E-state index contributed by atoms with van der Waals surface area (Å²) in [5, 5.41) is 9.01. The summed E-state index contributed by atoms with van der Waals surface area (Å²) in [6.07, 6.45) is 8.29. The van der Waals surface area contributed by atoms with Crippen molar-refractivity contribution in [1.82, 2.24) is 0 Å². The Morgan fingerprint density at radius 1 is 1.10 bits per heavy atom. The molecular formula is C16H28O4.